The Morgan fingerprint density at radius 1 is 1.50 bits per heavy atom. The predicted octanol–water partition coefficient (Wildman–Crippen LogP) is 1.55. The number of piperidine rings is 1. The first-order chi connectivity index (χ1) is 6.85. The van der Waals surface area contributed by atoms with Crippen LogP contribution in [0.25, 0.3) is 0 Å². The summed E-state index contributed by atoms with van der Waals surface area (Å²) in [6, 6.07) is 1.55. The molecule has 0 aromatic carbocycles. The van der Waals surface area contributed by atoms with Crippen LogP contribution >= 0.6 is 11.8 Å². The summed E-state index contributed by atoms with van der Waals surface area (Å²) in [5.41, 5.74) is 5.87. The Kier molecular flexibility index (Phi) is 3.74. The summed E-state index contributed by atoms with van der Waals surface area (Å²) in [5, 5.41) is 0. The summed E-state index contributed by atoms with van der Waals surface area (Å²) in [6.07, 6.45) is 7.82. The minimum Gasteiger partial charge on any atom is -0.329 e. The highest BCUT2D eigenvalue weighted by atomic mass is 32.2. The van der Waals surface area contributed by atoms with Crippen molar-refractivity contribution < 1.29 is 0 Å². The van der Waals surface area contributed by atoms with E-state index in [1.54, 1.807) is 0 Å². The number of nitrogens with zero attached hydrogens (tertiary/aromatic N) is 1. The number of rotatable bonds is 5. The first-order valence-corrected chi connectivity index (χ1v) is 7.19. The molecule has 0 amide bonds. The lowest BCUT2D eigenvalue weighted by Crippen LogP contribution is -2.45. The Morgan fingerprint density at radius 2 is 2.36 bits per heavy atom. The molecule has 1 saturated carbocycles. The first kappa shape index (κ1) is 10.8. The van der Waals surface area contributed by atoms with Gasteiger partial charge >= 0.3 is 0 Å². The fraction of sp³-hybridized carbons (Fsp3) is 1.00. The molecule has 0 aromatic rings. The Labute approximate surface area is 91.6 Å². The quantitative estimate of drug-likeness (QED) is 0.753. The highest BCUT2D eigenvalue weighted by molar-refractivity contribution is 7.98. The van der Waals surface area contributed by atoms with E-state index in [1.807, 2.05) is 11.8 Å². The molecule has 0 aromatic heterocycles. The third kappa shape index (κ3) is 2.10. The van der Waals surface area contributed by atoms with Crippen molar-refractivity contribution in [2.24, 2.45) is 11.7 Å². The normalized spacial score (nSPS) is 33.9. The highest BCUT2D eigenvalue weighted by Gasteiger charge is 2.40. The zero-order valence-corrected chi connectivity index (χ0v) is 9.93. The maximum Gasteiger partial charge on any atom is 0.0229 e. The minimum absolute atomic E-state index is 0.665. The van der Waals surface area contributed by atoms with E-state index < -0.39 is 0 Å². The molecule has 1 aliphatic carbocycles. The second-order valence-corrected chi connectivity index (χ2v) is 5.69. The van der Waals surface area contributed by atoms with Gasteiger partial charge in [0.1, 0.15) is 0 Å². The summed E-state index contributed by atoms with van der Waals surface area (Å²) in [5.74, 6) is 2.26. The fourth-order valence-electron chi connectivity index (χ4n) is 3.08. The van der Waals surface area contributed by atoms with Crippen LogP contribution < -0.4 is 5.73 Å². The van der Waals surface area contributed by atoms with Crippen molar-refractivity contribution in [3.05, 3.63) is 0 Å². The van der Waals surface area contributed by atoms with Gasteiger partial charge in [0.2, 0.25) is 0 Å². The SMILES string of the molecule is CSCCC(CN)N1CC2CCC1C2. The average Bonchev–Trinajstić information content (AvgIpc) is 2.80. The standard InChI is InChI=1S/C11H22N2S/c1-14-5-4-11(7-12)13-8-9-2-3-10(13)6-9/h9-11H,2-8,12H2,1H3. The number of hydrogen-bond donors (Lipinski definition) is 1. The lowest BCUT2D eigenvalue weighted by molar-refractivity contribution is 0.150. The zero-order chi connectivity index (χ0) is 9.97. The van der Waals surface area contributed by atoms with Crippen molar-refractivity contribution in [3.63, 3.8) is 0 Å². The monoisotopic (exact) mass is 214 g/mol. The molecule has 0 radical (unpaired) electrons. The van der Waals surface area contributed by atoms with Crippen molar-refractivity contribution in [3.8, 4) is 0 Å². The van der Waals surface area contributed by atoms with E-state index >= 15 is 0 Å². The third-order valence-corrected chi connectivity index (χ3v) is 4.49. The van der Waals surface area contributed by atoms with Gasteiger partial charge in [0, 0.05) is 25.2 Å². The summed E-state index contributed by atoms with van der Waals surface area (Å²) in [7, 11) is 0. The number of likely N-dealkylation sites (tertiary alicyclic amines) is 1. The molecule has 2 fully saturated rings. The van der Waals surface area contributed by atoms with Crippen LogP contribution in [0.15, 0.2) is 0 Å². The second kappa shape index (κ2) is 4.86. The van der Waals surface area contributed by atoms with Gasteiger partial charge in [-0.3, -0.25) is 4.90 Å². The Bertz CT molecular complexity index is 186. The van der Waals surface area contributed by atoms with Crippen LogP contribution in [0.1, 0.15) is 25.7 Å². The molecule has 82 valence electrons. The molecule has 1 saturated heterocycles. The second-order valence-electron chi connectivity index (χ2n) is 4.70. The number of nitrogens with two attached hydrogens (primary N) is 1. The van der Waals surface area contributed by atoms with E-state index in [4.69, 9.17) is 5.73 Å². The van der Waals surface area contributed by atoms with Gasteiger partial charge < -0.3 is 5.73 Å². The molecule has 1 heterocycles. The van der Waals surface area contributed by atoms with Crippen LogP contribution in [0, 0.1) is 5.92 Å². The van der Waals surface area contributed by atoms with Crippen LogP contribution in [0.3, 0.4) is 0 Å². The molecule has 1 aliphatic heterocycles. The van der Waals surface area contributed by atoms with Gasteiger partial charge in [-0.1, -0.05) is 0 Å². The topological polar surface area (TPSA) is 29.3 Å². The Morgan fingerprint density at radius 3 is 2.86 bits per heavy atom. The Balaban J connectivity index is 1.85. The van der Waals surface area contributed by atoms with Gasteiger partial charge in [-0.15, -0.1) is 0 Å². The highest BCUT2D eigenvalue weighted by Crippen LogP contribution is 2.38. The van der Waals surface area contributed by atoms with Gasteiger partial charge in [0.25, 0.3) is 0 Å². The van der Waals surface area contributed by atoms with Gasteiger partial charge in [0.15, 0.2) is 0 Å². The molecule has 14 heavy (non-hydrogen) atoms. The molecule has 2 rings (SSSR count). The summed E-state index contributed by atoms with van der Waals surface area (Å²) in [6.45, 7) is 2.19. The smallest absolute Gasteiger partial charge is 0.0229 e. The molecule has 3 atom stereocenters. The van der Waals surface area contributed by atoms with Gasteiger partial charge in [-0.25, -0.2) is 0 Å². The van der Waals surface area contributed by atoms with E-state index in [0.717, 1.165) is 18.5 Å². The molecule has 3 heteroatoms. The lowest BCUT2D eigenvalue weighted by Gasteiger charge is -2.34. The molecule has 0 spiro atoms. The summed E-state index contributed by atoms with van der Waals surface area (Å²) < 4.78 is 0. The van der Waals surface area contributed by atoms with Crippen molar-refractivity contribution in [2.75, 3.05) is 25.1 Å². The Hall–Kier alpha value is 0.270. The van der Waals surface area contributed by atoms with Crippen LogP contribution in [0.5, 0.6) is 0 Å². The maximum atomic E-state index is 5.87. The summed E-state index contributed by atoms with van der Waals surface area (Å²) >= 11 is 1.94. The lowest BCUT2D eigenvalue weighted by atomic mass is 10.1. The van der Waals surface area contributed by atoms with Crippen molar-refractivity contribution in [1.29, 1.82) is 0 Å². The van der Waals surface area contributed by atoms with E-state index in [-0.39, 0.29) is 0 Å². The first-order valence-electron chi connectivity index (χ1n) is 5.80. The van der Waals surface area contributed by atoms with Crippen molar-refractivity contribution in [1.82, 2.24) is 4.90 Å². The van der Waals surface area contributed by atoms with E-state index in [9.17, 15) is 0 Å². The molecular formula is C11H22N2S. The molecular weight excluding hydrogens is 192 g/mol. The molecule has 2 bridgehead atoms. The number of hydrogen-bond acceptors (Lipinski definition) is 3. The molecule has 3 unspecified atom stereocenters. The van der Waals surface area contributed by atoms with E-state index in [2.05, 4.69) is 11.2 Å². The summed E-state index contributed by atoms with van der Waals surface area (Å²) in [4.78, 5) is 2.70. The van der Waals surface area contributed by atoms with Crippen LogP contribution in [0.2, 0.25) is 0 Å². The van der Waals surface area contributed by atoms with Crippen LogP contribution in [0.4, 0.5) is 0 Å². The van der Waals surface area contributed by atoms with Gasteiger partial charge in [-0.05, 0) is 43.6 Å². The fourth-order valence-corrected chi connectivity index (χ4v) is 3.59. The number of thioether (sulfide) groups is 1. The van der Waals surface area contributed by atoms with Crippen molar-refractivity contribution >= 4 is 11.8 Å². The minimum atomic E-state index is 0.665. The van der Waals surface area contributed by atoms with Crippen LogP contribution in [-0.4, -0.2) is 42.1 Å². The van der Waals surface area contributed by atoms with Crippen molar-refractivity contribution in [2.45, 2.75) is 37.8 Å². The third-order valence-electron chi connectivity index (χ3n) is 3.85. The largest absolute Gasteiger partial charge is 0.329 e. The van der Waals surface area contributed by atoms with E-state index in [0.29, 0.717) is 6.04 Å². The molecule has 2 nitrogen and oxygen atoms in total. The maximum absolute atomic E-state index is 5.87. The van der Waals surface area contributed by atoms with E-state index in [1.165, 1.54) is 38.0 Å². The molecule has 2 N–H and O–H groups in total. The number of fused-ring (bicyclic) bond motifs is 2. The average molecular weight is 214 g/mol. The zero-order valence-electron chi connectivity index (χ0n) is 9.11. The molecule has 2 aliphatic rings. The van der Waals surface area contributed by atoms with Crippen LogP contribution in [-0.2, 0) is 0 Å². The predicted molar refractivity (Wildman–Crippen MR) is 63.7 cm³/mol. The van der Waals surface area contributed by atoms with Gasteiger partial charge in [0.05, 0.1) is 0 Å². The van der Waals surface area contributed by atoms with Gasteiger partial charge in [-0.2, -0.15) is 11.8 Å².